The maximum atomic E-state index is 13.2. The molecule has 0 spiro atoms. The highest BCUT2D eigenvalue weighted by Gasteiger charge is 2.33. The summed E-state index contributed by atoms with van der Waals surface area (Å²) in [5, 5.41) is 11.3. The fraction of sp³-hybridized carbons (Fsp3) is 0.333. The van der Waals surface area contributed by atoms with Crippen LogP contribution in [0.4, 0.5) is 0 Å². The lowest BCUT2D eigenvalue weighted by Gasteiger charge is -2.29. The van der Waals surface area contributed by atoms with Crippen molar-refractivity contribution >= 4 is 32.7 Å². The van der Waals surface area contributed by atoms with Crippen molar-refractivity contribution < 1.29 is 14.6 Å². The van der Waals surface area contributed by atoms with Crippen molar-refractivity contribution in [3.05, 3.63) is 68.0 Å². The highest BCUT2D eigenvalue weighted by molar-refractivity contribution is 9.10. The van der Waals surface area contributed by atoms with Crippen molar-refractivity contribution in [2.45, 2.75) is 46.3 Å². The van der Waals surface area contributed by atoms with Crippen LogP contribution in [0.5, 0.6) is 0 Å². The maximum Gasteiger partial charge on any atom is 0.339 e. The molecular formula is C24H26BrNO4. The Morgan fingerprint density at radius 2 is 1.77 bits per heavy atom. The molecule has 1 atom stereocenters. The summed E-state index contributed by atoms with van der Waals surface area (Å²) in [5.74, 6) is -1.14. The van der Waals surface area contributed by atoms with Gasteiger partial charge in [-0.3, -0.25) is 4.79 Å². The number of halogens is 1. The van der Waals surface area contributed by atoms with E-state index >= 15 is 0 Å². The highest BCUT2D eigenvalue weighted by atomic mass is 79.9. The summed E-state index contributed by atoms with van der Waals surface area (Å²) >= 11 is 3.44. The van der Waals surface area contributed by atoms with Gasteiger partial charge in [-0.2, -0.15) is 0 Å². The molecule has 0 amide bonds. The first-order valence-corrected chi connectivity index (χ1v) is 10.5. The number of aromatic nitrogens is 1. The molecule has 0 aliphatic rings. The smallest absolute Gasteiger partial charge is 0.339 e. The third-order valence-electron chi connectivity index (χ3n) is 5.00. The SMILES string of the molecule is Cc1ccc(-c2c(C(OC(C)(C)C)C(=O)O)n(C)c(=O)c3cc(Br)ccc23)c(C)c1. The van der Waals surface area contributed by atoms with Gasteiger partial charge in [-0.1, -0.05) is 45.8 Å². The first kappa shape index (κ1) is 22.2. The summed E-state index contributed by atoms with van der Waals surface area (Å²) in [6, 6.07) is 11.5. The van der Waals surface area contributed by atoms with E-state index in [1.165, 1.54) is 4.57 Å². The Balaban J connectivity index is 2.52. The molecule has 1 heterocycles. The number of carbonyl (C=O) groups is 1. The molecule has 5 nitrogen and oxygen atoms in total. The van der Waals surface area contributed by atoms with Gasteiger partial charge in [0.25, 0.3) is 5.56 Å². The summed E-state index contributed by atoms with van der Waals surface area (Å²) < 4.78 is 8.15. The number of ether oxygens (including phenoxy) is 1. The third-order valence-corrected chi connectivity index (χ3v) is 5.49. The molecule has 3 rings (SSSR count). The van der Waals surface area contributed by atoms with Crippen molar-refractivity contribution in [3.8, 4) is 11.1 Å². The second kappa shape index (κ2) is 8.00. The summed E-state index contributed by atoms with van der Waals surface area (Å²) in [6.45, 7) is 9.40. The van der Waals surface area contributed by atoms with Crippen LogP contribution in [-0.4, -0.2) is 21.2 Å². The molecule has 0 saturated carbocycles. The van der Waals surface area contributed by atoms with E-state index in [-0.39, 0.29) is 5.56 Å². The minimum Gasteiger partial charge on any atom is -0.479 e. The molecule has 1 aromatic heterocycles. The first-order valence-electron chi connectivity index (χ1n) is 9.71. The number of aryl methyl sites for hydroxylation is 2. The predicted octanol–water partition coefficient (Wildman–Crippen LogP) is 5.53. The zero-order valence-electron chi connectivity index (χ0n) is 18.0. The monoisotopic (exact) mass is 471 g/mol. The van der Waals surface area contributed by atoms with Crippen LogP contribution in [0.1, 0.15) is 43.7 Å². The van der Waals surface area contributed by atoms with Crippen LogP contribution >= 0.6 is 15.9 Å². The quantitative estimate of drug-likeness (QED) is 0.543. The topological polar surface area (TPSA) is 68.5 Å². The number of pyridine rings is 1. The zero-order valence-corrected chi connectivity index (χ0v) is 19.6. The Bertz CT molecular complexity index is 1200. The zero-order chi connectivity index (χ0) is 22.4. The van der Waals surface area contributed by atoms with Gasteiger partial charge in [-0.05, 0) is 63.3 Å². The third kappa shape index (κ3) is 4.20. The number of rotatable bonds is 4. The van der Waals surface area contributed by atoms with Gasteiger partial charge in [0.05, 0.1) is 11.3 Å². The average molecular weight is 472 g/mol. The van der Waals surface area contributed by atoms with Crippen LogP contribution in [0.15, 0.2) is 45.7 Å². The van der Waals surface area contributed by atoms with E-state index in [2.05, 4.69) is 22.0 Å². The summed E-state index contributed by atoms with van der Waals surface area (Å²) in [5.41, 5.74) is 3.04. The van der Waals surface area contributed by atoms with Crippen LogP contribution in [0.3, 0.4) is 0 Å². The number of nitrogens with zero attached hydrogens (tertiary/aromatic N) is 1. The summed E-state index contributed by atoms with van der Waals surface area (Å²) in [7, 11) is 1.60. The van der Waals surface area contributed by atoms with Gasteiger partial charge < -0.3 is 14.4 Å². The van der Waals surface area contributed by atoms with Crippen LogP contribution in [0, 0.1) is 13.8 Å². The van der Waals surface area contributed by atoms with E-state index in [1.54, 1.807) is 33.9 Å². The molecule has 30 heavy (non-hydrogen) atoms. The van der Waals surface area contributed by atoms with Crippen LogP contribution in [-0.2, 0) is 16.6 Å². The largest absolute Gasteiger partial charge is 0.479 e. The van der Waals surface area contributed by atoms with Crippen LogP contribution < -0.4 is 5.56 Å². The molecule has 1 N–H and O–H groups in total. The Hall–Kier alpha value is -2.44. The van der Waals surface area contributed by atoms with Gasteiger partial charge >= 0.3 is 5.97 Å². The number of fused-ring (bicyclic) bond motifs is 1. The lowest BCUT2D eigenvalue weighted by atomic mass is 9.91. The Kier molecular flexibility index (Phi) is 5.94. The average Bonchev–Trinajstić information content (AvgIpc) is 2.63. The van der Waals surface area contributed by atoms with E-state index in [9.17, 15) is 14.7 Å². The first-order chi connectivity index (χ1) is 13.9. The van der Waals surface area contributed by atoms with E-state index in [1.807, 2.05) is 38.1 Å². The molecule has 1 unspecified atom stereocenters. The van der Waals surface area contributed by atoms with Gasteiger partial charge in [-0.15, -0.1) is 0 Å². The lowest BCUT2D eigenvalue weighted by molar-refractivity contribution is -0.161. The molecule has 3 aromatic rings. The second-order valence-electron chi connectivity index (χ2n) is 8.58. The Labute approximate surface area is 184 Å². The molecule has 0 fully saturated rings. The van der Waals surface area contributed by atoms with E-state index in [0.717, 1.165) is 21.2 Å². The Morgan fingerprint density at radius 1 is 1.10 bits per heavy atom. The molecular weight excluding hydrogens is 446 g/mol. The van der Waals surface area contributed by atoms with E-state index < -0.39 is 17.7 Å². The second-order valence-corrected chi connectivity index (χ2v) is 9.50. The molecule has 0 radical (unpaired) electrons. The molecule has 0 aliphatic heterocycles. The number of carboxylic acid groups (broad SMARTS) is 1. The number of hydrogen-bond acceptors (Lipinski definition) is 3. The molecule has 0 saturated heterocycles. The lowest BCUT2D eigenvalue weighted by Crippen LogP contribution is -2.33. The van der Waals surface area contributed by atoms with Gasteiger partial charge in [0, 0.05) is 22.5 Å². The molecule has 0 bridgehead atoms. The molecule has 6 heteroatoms. The summed E-state index contributed by atoms with van der Waals surface area (Å²) in [4.78, 5) is 25.5. The van der Waals surface area contributed by atoms with Gasteiger partial charge in [-0.25, -0.2) is 4.79 Å². The molecule has 2 aromatic carbocycles. The minimum absolute atomic E-state index is 0.265. The number of hydrogen-bond donors (Lipinski definition) is 1. The van der Waals surface area contributed by atoms with Crippen LogP contribution in [0.25, 0.3) is 21.9 Å². The molecule has 158 valence electrons. The van der Waals surface area contributed by atoms with Crippen molar-refractivity contribution in [3.63, 3.8) is 0 Å². The van der Waals surface area contributed by atoms with Crippen molar-refractivity contribution in [1.29, 1.82) is 0 Å². The number of aliphatic carboxylic acids is 1. The number of carboxylic acids is 1. The standard InChI is InChI=1S/C24H26BrNO4/c1-13-7-9-16(14(2)11-13)19-17-10-8-15(25)12-18(17)22(27)26(6)20(19)21(23(28)29)30-24(3,4)5/h7-12,21H,1-6H3,(H,28,29). The van der Waals surface area contributed by atoms with Crippen molar-refractivity contribution in [2.75, 3.05) is 0 Å². The van der Waals surface area contributed by atoms with E-state index in [0.29, 0.717) is 22.0 Å². The fourth-order valence-electron chi connectivity index (χ4n) is 3.77. The fourth-order valence-corrected chi connectivity index (χ4v) is 4.13. The minimum atomic E-state index is -1.30. The van der Waals surface area contributed by atoms with Crippen molar-refractivity contribution in [2.24, 2.45) is 7.05 Å². The van der Waals surface area contributed by atoms with Gasteiger partial charge in [0.2, 0.25) is 0 Å². The van der Waals surface area contributed by atoms with Gasteiger partial charge in [0.1, 0.15) is 0 Å². The van der Waals surface area contributed by atoms with Crippen LogP contribution in [0.2, 0.25) is 0 Å². The van der Waals surface area contributed by atoms with Gasteiger partial charge in [0.15, 0.2) is 6.10 Å². The summed E-state index contributed by atoms with van der Waals surface area (Å²) in [6.07, 6.45) is -1.30. The highest BCUT2D eigenvalue weighted by Crippen LogP contribution is 2.38. The van der Waals surface area contributed by atoms with Crippen molar-refractivity contribution in [1.82, 2.24) is 4.57 Å². The maximum absolute atomic E-state index is 13.2. The molecule has 0 aliphatic carbocycles. The number of benzene rings is 2. The Morgan fingerprint density at radius 3 is 2.33 bits per heavy atom. The predicted molar refractivity (Wildman–Crippen MR) is 123 cm³/mol. The normalized spacial score (nSPS) is 12.9. The van der Waals surface area contributed by atoms with E-state index in [4.69, 9.17) is 4.74 Å².